The first-order chi connectivity index (χ1) is 9.32. The van der Waals surface area contributed by atoms with Gasteiger partial charge in [0.05, 0.1) is 16.7 Å². The van der Waals surface area contributed by atoms with Crippen LogP contribution < -0.4 is 5.73 Å². The fourth-order valence-electron chi connectivity index (χ4n) is 2.08. The molecule has 9 heteroatoms. The number of sulfonamides is 1. The molecule has 110 valence electrons. The van der Waals surface area contributed by atoms with Crippen molar-refractivity contribution < 1.29 is 18.4 Å². The zero-order valence-electron chi connectivity index (χ0n) is 10.6. The minimum Gasteiger partial charge on any atom is -0.398 e. The molecule has 0 atom stereocenters. The van der Waals surface area contributed by atoms with Gasteiger partial charge in [0, 0.05) is 25.2 Å². The van der Waals surface area contributed by atoms with Crippen molar-refractivity contribution in [3.8, 4) is 0 Å². The second kappa shape index (κ2) is 5.35. The SMILES string of the molecule is Nc1ccc([N+](=O)[O-])cc1S(=O)(=O)N1CCC(O)CC1. The molecule has 2 rings (SSSR count). The fraction of sp³-hybridized carbons (Fsp3) is 0.455. The van der Waals surface area contributed by atoms with Gasteiger partial charge < -0.3 is 10.8 Å². The van der Waals surface area contributed by atoms with Crippen molar-refractivity contribution in [2.45, 2.75) is 23.8 Å². The molecule has 0 radical (unpaired) electrons. The van der Waals surface area contributed by atoms with E-state index >= 15 is 0 Å². The zero-order chi connectivity index (χ0) is 14.9. The average Bonchev–Trinajstić information content (AvgIpc) is 2.39. The number of hydrogen-bond donors (Lipinski definition) is 2. The third kappa shape index (κ3) is 2.74. The molecule has 0 spiro atoms. The Labute approximate surface area is 116 Å². The van der Waals surface area contributed by atoms with E-state index in [-0.39, 0.29) is 29.4 Å². The number of nitro groups is 1. The van der Waals surface area contributed by atoms with Crippen LogP contribution in [0.2, 0.25) is 0 Å². The molecule has 8 nitrogen and oxygen atoms in total. The maximum absolute atomic E-state index is 12.4. The predicted molar refractivity (Wildman–Crippen MR) is 71.5 cm³/mol. The average molecular weight is 301 g/mol. The molecular formula is C11H15N3O5S. The largest absolute Gasteiger partial charge is 0.398 e. The first-order valence-corrected chi connectivity index (χ1v) is 7.48. The highest BCUT2D eigenvalue weighted by molar-refractivity contribution is 7.89. The quantitative estimate of drug-likeness (QED) is 0.470. The van der Waals surface area contributed by atoms with Gasteiger partial charge in [-0.3, -0.25) is 10.1 Å². The van der Waals surface area contributed by atoms with E-state index in [4.69, 9.17) is 5.73 Å². The lowest BCUT2D eigenvalue weighted by atomic mass is 10.1. The van der Waals surface area contributed by atoms with E-state index in [1.54, 1.807) is 0 Å². The predicted octanol–water partition coefficient (Wildman–Crippen LogP) is 0.322. The highest BCUT2D eigenvalue weighted by Crippen LogP contribution is 2.28. The van der Waals surface area contributed by atoms with Crippen LogP contribution in [0.1, 0.15) is 12.8 Å². The summed E-state index contributed by atoms with van der Waals surface area (Å²) in [4.78, 5) is 9.80. The smallest absolute Gasteiger partial charge is 0.270 e. The standard InChI is InChI=1S/C11H15N3O5S/c12-10-2-1-8(14(16)17)7-11(10)20(18,19)13-5-3-9(15)4-6-13/h1-2,7,9,15H,3-6,12H2. The summed E-state index contributed by atoms with van der Waals surface area (Å²) in [6.45, 7) is 0.345. The van der Waals surface area contributed by atoms with Crippen molar-refractivity contribution >= 4 is 21.4 Å². The maximum Gasteiger partial charge on any atom is 0.270 e. The van der Waals surface area contributed by atoms with Crippen molar-refractivity contribution in [2.75, 3.05) is 18.8 Å². The van der Waals surface area contributed by atoms with E-state index in [1.165, 1.54) is 10.4 Å². The van der Waals surface area contributed by atoms with Crippen LogP contribution in [-0.4, -0.2) is 41.9 Å². The maximum atomic E-state index is 12.4. The second-order valence-electron chi connectivity index (χ2n) is 4.61. The molecule has 1 fully saturated rings. The molecule has 1 aromatic rings. The fourth-order valence-corrected chi connectivity index (χ4v) is 3.69. The summed E-state index contributed by atoms with van der Waals surface area (Å²) in [5, 5.41) is 20.1. The van der Waals surface area contributed by atoms with Gasteiger partial charge in [-0.15, -0.1) is 0 Å². The van der Waals surface area contributed by atoms with Gasteiger partial charge in [0.25, 0.3) is 5.69 Å². The highest BCUT2D eigenvalue weighted by atomic mass is 32.2. The van der Waals surface area contributed by atoms with E-state index in [2.05, 4.69) is 0 Å². The number of hydrogen-bond acceptors (Lipinski definition) is 6. The van der Waals surface area contributed by atoms with Crippen LogP contribution in [0.15, 0.2) is 23.1 Å². The summed E-state index contributed by atoms with van der Waals surface area (Å²) in [6, 6.07) is 3.34. The third-order valence-corrected chi connectivity index (χ3v) is 5.20. The molecule has 0 amide bonds. The van der Waals surface area contributed by atoms with E-state index < -0.39 is 21.1 Å². The number of benzene rings is 1. The zero-order valence-corrected chi connectivity index (χ0v) is 11.4. The Bertz CT molecular complexity index is 623. The van der Waals surface area contributed by atoms with Crippen LogP contribution in [0.5, 0.6) is 0 Å². The Morgan fingerprint density at radius 3 is 2.50 bits per heavy atom. The Kier molecular flexibility index (Phi) is 3.93. The summed E-state index contributed by atoms with van der Waals surface area (Å²) in [7, 11) is -3.88. The van der Waals surface area contributed by atoms with Gasteiger partial charge in [-0.25, -0.2) is 8.42 Å². The summed E-state index contributed by atoms with van der Waals surface area (Å²) in [5.74, 6) is 0. The number of nitrogen functional groups attached to an aromatic ring is 1. The molecule has 0 bridgehead atoms. The molecule has 0 unspecified atom stereocenters. The minimum atomic E-state index is -3.88. The molecule has 1 aromatic carbocycles. The van der Waals surface area contributed by atoms with Gasteiger partial charge in [-0.1, -0.05) is 0 Å². The second-order valence-corrected chi connectivity index (χ2v) is 6.52. The minimum absolute atomic E-state index is 0.0262. The van der Waals surface area contributed by atoms with Gasteiger partial charge in [0.15, 0.2) is 0 Å². The topological polar surface area (TPSA) is 127 Å². The summed E-state index contributed by atoms with van der Waals surface area (Å²) in [6.07, 6.45) is 0.172. The first-order valence-electron chi connectivity index (χ1n) is 6.04. The van der Waals surface area contributed by atoms with Crippen LogP contribution in [-0.2, 0) is 10.0 Å². The van der Waals surface area contributed by atoms with E-state index in [0.29, 0.717) is 12.8 Å². The Balaban J connectivity index is 2.38. The molecule has 0 aromatic heterocycles. The van der Waals surface area contributed by atoms with Gasteiger partial charge in [-0.2, -0.15) is 4.31 Å². The lowest BCUT2D eigenvalue weighted by molar-refractivity contribution is -0.385. The van der Waals surface area contributed by atoms with Crippen molar-refractivity contribution in [3.63, 3.8) is 0 Å². The van der Waals surface area contributed by atoms with Crippen LogP contribution in [0, 0.1) is 10.1 Å². The number of aliphatic hydroxyl groups is 1. The number of non-ortho nitro benzene ring substituents is 1. The normalized spacial score (nSPS) is 18.1. The third-order valence-electron chi connectivity index (χ3n) is 3.25. The molecule has 0 saturated carbocycles. The number of anilines is 1. The van der Waals surface area contributed by atoms with Crippen molar-refractivity contribution in [1.29, 1.82) is 0 Å². The Morgan fingerprint density at radius 2 is 1.95 bits per heavy atom. The lowest BCUT2D eigenvalue weighted by Crippen LogP contribution is -2.40. The van der Waals surface area contributed by atoms with Crippen LogP contribution in [0.4, 0.5) is 11.4 Å². The molecule has 3 N–H and O–H groups in total. The van der Waals surface area contributed by atoms with Crippen molar-refractivity contribution in [2.24, 2.45) is 0 Å². The van der Waals surface area contributed by atoms with Crippen molar-refractivity contribution in [1.82, 2.24) is 4.31 Å². The number of rotatable bonds is 3. The molecular weight excluding hydrogens is 286 g/mol. The van der Waals surface area contributed by atoms with E-state index in [9.17, 15) is 23.6 Å². The highest BCUT2D eigenvalue weighted by Gasteiger charge is 2.31. The summed E-state index contributed by atoms with van der Waals surface area (Å²) < 4.78 is 26.1. The summed E-state index contributed by atoms with van der Waals surface area (Å²) in [5.41, 5.74) is 5.28. The Hall–Kier alpha value is -1.71. The van der Waals surface area contributed by atoms with Crippen molar-refractivity contribution in [3.05, 3.63) is 28.3 Å². The number of aliphatic hydroxyl groups excluding tert-OH is 1. The van der Waals surface area contributed by atoms with Crippen LogP contribution in [0.25, 0.3) is 0 Å². The van der Waals surface area contributed by atoms with E-state index in [1.807, 2.05) is 0 Å². The van der Waals surface area contributed by atoms with Gasteiger partial charge >= 0.3 is 0 Å². The number of nitrogens with two attached hydrogens (primary N) is 1. The molecule has 1 aliphatic heterocycles. The monoisotopic (exact) mass is 301 g/mol. The molecule has 1 heterocycles. The van der Waals surface area contributed by atoms with Gasteiger partial charge in [0.1, 0.15) is 4.90 Å². The number of nitro benzene ring substituents is 1. The summed E-state index contributed by atoms with van der Waals surface area (Å²) >= 11 is 0. The lowest BCUT2D eigenvalue weighted by Gasteiger charge is -2.29. The molecule has 1 saturated heterocycles. The first kappa shape index (κ1) is 14.7. The van der Waals surface area contributed by atoms with Crippen LogP contribution in [0.3, 0.4) is 0 Å². The number of piperidine rings is 1. The molecule has 1 aliphatic rings. The molecule has 0 aliphatic carbocycles. The van der Waals surface area contributed by atoms with Gasteiger partial charge in [-0.05, 0) is 18.9 Å². The van der Waals surface area contributed by atoms with E-state index in [0.717, 1.165) is 12.1 Å². The Morgan fingerprint density at radius 1 is 1.35 bits per heavy atom. The molecule has 20 heavy (non-hydrogen) atoms. The van der Waals surface area contributed by atoms with Crippen LogP contribution >= 0.6 is 0 Å². The van der Waals surface area contributed by atoms with Gasteiger partial charge in [0.2, 0.25) is 10.0 Å². The number of nitrogens with zero attached hydrogens (tertiary/aromatic N) is 2.